The van der Waals surface area contributed by atoms with Gasteiger partial charge in [0.05, 0.1) is 23.4 Å². The summed E-state index contributed by atoms with van der Waals surface area (Å²) < 4.78 is 5.75. The number of nitriles is 1. The zero-order chi connectivity index (χ0) is 27.0. The van der Waals surface area contributed by atoms with Crippen molar-refractivity contribution in [3.05, 3.63) is 69.9 Å². The van der Waals surface area contributed by atoms with Gasteiger partial charge in [0.1, 0.15) is 5.82 Å². The number of anilines is 2. The topological polar surface area (TPSA) is 65.3 Å². The first-order valence-corrected chi connectivity index (χ1v) is 13.8. The Morgan fingerprint density at radius 1 is 1.05 bits per heavy atom. The Balaban J connectivity index is 1.61. The largest absolute Gasteiger partial charge is 0.381 e. The Kier molecular flexibility index (Phi) is 7.40. The smallest absolute Gasteiger partial charge is 0.163 e. The Bertz CT molecular complexity index is 1370. The van der Waals surface area contributed by atoms with Crippen LogP contribution in [0, 0.1) is 31.1 Å². The van der Waals surface area contributed by atoms with Crippen LogP contribution in [0.3, 0.4) is 0 Å². The SMILES string of the molecule is CO[C@@H]1CCN(c2nc(-c3c(C)cccc3C#N)nc3c2CN(c2cc(C(C)C)ccc2C)CC3)C[C@H]1C. The van der Waals surface area contributed by atoms with E-state index in [9.17, 15) is 5.26 Å². The molecule has 6 heteroatoms. The summed E-state index contributed by atoms with van der Waals surface area (Å²) in [7, 11) is 1.81. The van der Waals surface area contributed by atoms with E-state index in [1.807, 2.05) is 32.2 Å². The van der Waals surface area contributed by atoms with Crippen molar-refractivity contribution in [2.24, 2.45) is 5.92 Å². The monoisotopic (exact) mass is 509 g/mol. The van der Waals surface area contributed by atoms with Crippen molar-refractivity contribution in [2.45, 2.75) is 66.0 Å². The van der Waals surface area contributed by atoms with E-state index in [0.29, 0.717) is 23.2 Å². The summed E-state index contributed by atoms with van der Waals surface area (Å²) in [5, 5.41) is 9.86. The number of hydrogen-bond donors (Lipinski definition) is 0. The molecule has 38 heavy (non-hydrogen) atoms. The zero-order valence-corrected chi connectivity index (χ0v) is 23.6. The molecule has 2 aliphatic heterocycles. The van der Waals surface area contributed by atoms with Gasteiger partial charge in [-0.1, -0.05) is 45.0 Å². The minimum atomic E-state index is 0.267. The number of nitrogens with zero attached hydrogens (tertiary/aromatic N) is 5. The van der Waals surface area contributed by atoms with Crippen LogP contribution in [0.1, 0.15) is 66.6 Å². The van der Waals surface area contributed by atoms with Crippen LogP contribution in [0.15, 0.2) is 36.4 Å². The molecule has 0 aliphatic carbocycles. The van der Waals surface area contributed by atoms with E-state index >= 15 is 0 Å². The molecule has 1 fully saturated rings. The Hall–Kier alpha value is -3.43. The lowest BCUT2D eigenvalue weighted by Crippen LogP contribution is -2.44. The van der Waals surface area contributed by atoms with E-state index in [1.54, 1.807) is 0 Å². The van der Waals surface area contributed by atoms with Gasteiger partial charge in [-0.15, -0.1) is 0 Å². The van der Waals surface area contributed by atoms with Crippen molar-refractivity contribution in [1.29, 1.82) is 5.26 Å². The molecule has 0 bridgehead atoms. The van der Waals surface area contributed by atoms with Gasteiger partial charge in [-0.3, -0.25) is 0 Å². The van der Waals surface area contributed by atoms with Gasteiger partial charge < -0.3 is 14.5 Å². The van der Waals surface area contributed by atoms with E-state index in [0.717, 1.165) is 61.7 Å². The standard InChI is InChI=1S/C32H39N5O/c1-20(2)24-11-10-21(3)28(16-24)36-14-12-27-26(19-36)32(37-15-13-29(38-6)23(5)18-37)35-31(34-27)30-22(4)8-7-9-25(30)17-33/h7-11,16,20,23,29H,12-15,18-19H2,1-6H3/t23-,29-/m1/s1. The van der Waals surface area contributed by atoms with Crippen molar-refractivity contribution >= 4 is 11.5 Å². The van der Waals surface area contributed by atoms with Gasteiger partial charge >= 0.3 is 0 Å². The Morgan fingerprint density at radius 2 is 1.87 bits per heavy atom. The fraction of sp³-hybridized carbons (Fsp3) is 0.469. The highest BCUT2D eigenvalue weighted by atomic mass is 16.5. The molecule has 1 aromatic heterocycles. The second kappa shape index (κ2) is 10.7. The van der Waals surface area contributed by atoms with Gasteiger partial charge in [-0.25, -0.2) is 9.97 Å². The second-order valence-corrected chi connectivity index (χ2v) is 11.3. The zero-order valence-electron chi connectivity index (χ0n) is 23.6. The molecule has 3 aromatic rings. The molecule has 2 aliphatic rings. The van der Waals surface area contributed by atoms with Gasteiger partial charge in [0.25, 0.3) is 0 Å². The summed E-state index contributed by atoms with van der Waals surface area (Å²) in [6.07, 6.45) is 2.09. The predicted molar refractivity (Wildman–Crippen MR) is 154 cm³/mol. The average Bonchev–Trinajstić information content (AvgIpc) is 2.92. The van der Waals surface area contributed by atoms with Crippen LogP contribution in [0.4, 0.5) is 11.5 Å². The molecule has 2 atom stereocenters. The fourth-order valence-corrected chi connectivity index (χ4v) is 6.03. The van der Waals surface area contributed by atoms with Crippen LogP contribution in [0.2, 0.25) is 0 Å². The maximum atomic E-state index is 9.86. The lowest BCUT2D eigenvalue weighted by molar-refractivity contribution is 0.0443. The van der Waals surface area contributed by atoms with Gasteiger partial charge in [0.2, 0.25) is 0 Å². The van der Waals surface area contributed by atoms with Crippen molar-refractivity contribution < 1.29 is 4.74 Å². The maximum Gasteiger partial charge on any atom is 0.163 e. The number of aromatic nitrogens is 2. The summed E-state index contributed by atoms with van der Waals surface area (Å²) in [4.78, 5) is 15.3. The average molecular weight is 510 g/mol. The van der Waals surface area contributed by atoms with E-state index in [4.69, 9.17) is 14.7 Å². The molecule has 5 rings (SSSR count). The third kappa shape index (κ3) is 4.88. The highest BCUT2D eigenvalue weighted by molar-refractivity contribution is 5.71. The van der Waals surface area contributed by atoms with E-state index in [1.165, 1.54) is 22.4 Å². The molecule has 0 amide bonds. The summed E-state index contributed by atoms with van der Waals surface area (Å²) in [6, 6.07) is 15.1. The van der Waals surface area contributed by atoms with Crippen molar-refractivity contribution in [1.82, 2.24) is 9.97 Å². The quantitative estimate of drug-likeness (QED) is 0.409. The van der Waals surface area contributed by atoms with Gasteiger partial charge in [-0.05, 0) is 60.9 Å². The van der Waals surface area contributed by atoms with Crippen molar-refractivity contribution in [2.75, 3.05) is 36.5 Å². The molecule has 198 valence electrons. The first-order chi connectivity index (χ1) is 18.3. The molecular weight excluding hydrogens is 470 g/mol. The number of benzene rings is 2. The third-order valence-electron chi connectivity index (χ3n) is 8.32. The lowest BCUT2D eigenvalue weighted by atomic mass is 9.94. The lowest BCUT2D eigenvalue weighted by Gasteiger charge is -2.40. The molecule has 0 radical (unpaired) electrons. The Morgan fingerprint density at radius 3 is 2.58 bits per heavy atom. The predicted octanol–water partition coefficient (Wildman–Crippen LogP) is 6.18. The highest BCUT2D eigenvalue weighted by Crippen LogP contribution is 2.36. The fourth-order valence-electron chi connectivity index (χ4n) is 6.03. The molecule has 6 nitrogen and oxygen atoms in total. The van der Waals surface area contributed by atoms with Crippen LogP contribution >= 0.6 is 0 Å². The molecule has 2 aromatic carbocycles. The summed E-state index contributed by atoms with van der Waals surface area (Å²) >= 11 is 0. The van der Waals surface area contributed by atoms with Gasteiger partial charge in [0, 0.05) is 56.5 Å². The summed E-state index contributed by atoms with van der Waals surface area (Å²) in [5.41, 5.74) is 8.78. The molecule has 1 saturated heterocycles. The molecule has 0 saturated carbocycles. The van der Waals surface area contributed by atoms with E-state index in [2.05, 4.69) is 61.8 Å². The minimum Gasteiger partial charge on any atom is -0.381 e. The van der Waals surface area contributed by atoms with Crippen LogP contribution in [0.5, 0.6) is 0 Å². The number of rotatable bonds is 5. The molecule has 0 unspecified atom stereocenters. The number of piperidine rings is 1. The van der Waals surface area contributed by atoms with E-state index in [-0.39, 0.29) is 6.10 Å². The molecule has 3 heterocycles. The van der Waals surface area contributed by atoms with Crippen LogP contribution < -0.4 is 9.80 Å². The second-order valence-electron chi connectivity index (χ2n) is 11.3. The molecule has 0 N–H and O–H groups in total. The highest BCUT2D eigenvalue weighted by Gasteiger charge is 2.32. The Labute approximate surface area is 227 Å². The van der Waals surface area contributed by atoms with Gasteiger partial charge in [0.15, 0.2) is 5.82 Å². The number of fused-ring (bicyclic) bond motifs is 1. The molecular formula is C32H39N5O. The minimum absolute atomic E-state index is 0.267. The van der Waals surface area contributed by atoms with Crippen LogP contribution in [-0.2, 0) is 17.7 Å². The normalized spacial score (nSPS) is 19.4. The van der Waals surface area contributed by atoms with Gasteiger partial charge in [-0.2, -0.15) is 5.26 Å². The van der Waals surface area contributed by atoms with Crippen LogP contribution in [-0.4, -0.2) is 42.8 Å². The van der Waals surface area contributed by atoms with Crippen LogP contribution in [0.25, 0.3) is 11.4 Å². The maximum absolute atomic E-state index is 9.86. The number of aryl methyl sites for hydroxylation is 2. The summed E-state index contributed by atoms with van der Waals surface area (Å²) in [5.74, 6) is 2.57. The summed E-state index contributed by atoms with van der Waals surface area (Å²) in [6.45, 7) is 14.5. The number of methoxy groups -OCH3 is 1. The number of ether oxygens (including phenoxy) is 1. The van der Waals surface area contributed by atoms with Crippen molar-refractivity contribution in [3.63, 3.8) is 0 Å². The first-order valence-electron chi connectivity index (χ1n) is 13.8. The first kappa shape index (κ1) is 26.2. The van der Waals surface area contributed by atoms with E-state index < -0.39 is 0 Å². The number of hydrogen-bond acceptors (Lipinski definition) is 6. The van der Waals surface area contributed by atoms with Crippen molar-refractivity contribution in [3.8, 4) is 17.5 Å². The third-order valence-corrected chi connectivity index (χ3v) is 8.32. The molecule has 0 spiro atoms.